The zero-order chi connectivity index (χ0) is 17.5. The van der Waals surface area contributed by atoms with E-state index in [1.54, 1.807) is 0 Å². The summed E-state index contributed by atoms with van der Waals surface area (Å²) in [4.78, 5) is 13.0. The molecule has 2 atom stereocenters. The van der Waals surface area contributed by atoms with Crippen LogP contribution in [-0.2, 0) is 17.6 Å². The van der Waals surface area contributed by atoms with E-state index < -0.39 is 0 Å². The Morgan fingerprint density at radius 3 is 1.62 bits per heavy atom. The zero-order valence-electron chi connectivity index (χ0n) is 14.3. The predicted octanol–water partition coefficient (Wildman–Crippen LogP) is 6.04. The largest absolute Gasteiger partial charge is 0.298 e. The summed E-state index contributed by atoms with van der Waals surface area (Å²) in [5.74, 6) is 0.104. The van der Waals surface area contributed by atoms with Crippen molar-refractivity contribution < 1.29 is 4.79 Å². The Morgan fingerprint density at radius 2 is 1.25 bits per heavy atom. The van der Waals surface area contributed by atoms with Crippen molar-refractivity contribution in [1.29, 1.82) is 0 Å². The van der Waals surface area contributed by atoms with Crippen molar-refractivity contribution in [3.63, 3.8) is 0 Å². The summed E-state index contributed by atoms with van der Waals surface area (Å²) in [6.45, 7) is 4.04. The number of carbonyl (C=O) groups excluding carboxylic acids is 1. The molecule has 0 spiro atoms. The van der Waals surface area contributed by atoms with Crippen LogP contribution in [0, 0.1) is 0 Å². The van der Waals surface area contributed by atoms with Gasteiger partial charge in [0.15, 0.2) is 0 Å². The molecule has 2 aromatic carbocycles. The van der Waals surface area contributed by atoms with E-state index >= 15 is 0 Å². The molecule has 0 heterocycles. The number of Topliss-reactive ketones (excluding diaryl/α,β-unsaturated/α-hetero) is 1. The third-order valence-electron chi connectivity index (χ3n) is 4.52. The van der Waals surface area contributed by atoms with Crippen LogP contribution in [0.15, 0.2) is 48.5 Å². The molecule has 0 N–H and O–H groups in total. The normalized spacial score (nSPS) is 13.5. The Balaban J connectivity index is 2.17. The van der Waals surface area contributed by atoms with Crippen LogP contribution >= 0.6 is 31.9 Å². The van der Waals surface area contributed by atoms with Crippen LogP contribution in [0.5, 0.6) is 0 Å². The predicted molar refractivity (Wildman–Crippen MR) is 110 cm³/mol. The van der Waals surface area contributed by atoms with E-state index in [2.05, 4.69) is 80.4 Å². The Bertz CT molecular complexity index is 624. The van der Waals surface area contributed by atoms with Crippen LogP contribution in [0.3, 0.4) is 0 Å². The van der Waals surface area contributed by atoms with Gasteiger partial charge in [0.25, 0.3) is 0 Å². The van der Waals surface area contributed by atoms with Crippen molar-refractivity contribution in [3.05, 3.63) is 70.8 Å². The SMILES string of the molecule is CC(C(=O)C(C)c1cccc(CCBr)c1)c1cccc(CCBr)c1. The Hall–Kier alpha value is -0.930. The number of hydrogen-bond donors (Lipinski definition) is 0. The van der Waals surface area contributed by atoms with Gasteiger partial charge in [-0.1, -0.05) is 94.2 Å². The van der Waals surface area contributed by atoms with Gasteiger partial charge >= 0.3 is 0 Å². The first-order chi connectivity index (χ1) is 11.6. The van der Waals surface area contributed by atoms with E-state index in [1.165, 1.54) is 11.1 Å². The molecule has 0 radical (unpaired) electrons. The van der Waals surface area contributed by atoms with Crippen LogP contribution in [0.2, 0.25) is 0 Å². The molecule has 0 aromatic heterocycles. The van der Waals surface area contributed by atoms with Gasteiger partial charge in [-0.15, -0.1) is 0 Å². The fraction of sp³-hybridized carbons (Fsp3) is 0.381. The number of halogens is 2. The minimum Gasteiger partial charge on any atom is -0.298 e. The van der Waals surface area contributed by atoms with E-state index in [1.807, 2.05) is 13.8 Å². The van der Waals surface area contributed by atoms with E-state index in [0.717, 1.165) is 34.6 Å². The highest BCUT2D eigenvalue weighted by Crippen LogP contribution is 2.27. The molecule has 0 aliphatic heterocycles. The van der Waals surface area contributed by atoms with Crippen LogP contribution in [0.1, 0.15) is 47.9 Å². The van der Waals surface area contributed by atoms with Gasteiger partial charge in [0.1, 0.15) is 5.78 Å². The summed E-state index contributed by atoms with van der Waals surface area (Å²) < 4.78 is 0. The molecule has 0 fully saturated rings. The average molecular weight is 452 g/mol. The van der Waals surface area contributed by atoms with Gasteiger partial charge in [-0.25, -0.2) is 0 Å². The highest BCUT2D eigenvalue weighted by molar-refractivity contribution is 9.09. The fourth-order valence-corrected chi connectivity index (χ4v) is 3.87. The Morgan fingerprint density at radius 1 is 0.833 bits per heavy atom. The molecule has 2 aromatic rings. The highest BCUT2D eigenvalue weighted by Gasteiger charge is 2.23. The van der Waals surface area contributed by atoms with Gasteiger partial charge in [-0.2, -0.15) is 0 Å². The maximum atomic E-state index is 13.0. The molecule has 0 bridgehead atoms. The lowest BCUT2D eigenvalue weighted by Gasteiger charge is -2.18. The van der Waals surface area contributed by atoms with E-state index in [0.29, 0.717) is 0 Å². The van der Waals surface area contributed by atoms with Crippen LogP contribution in [0.4, 0.5) is 0 Å². The van der Waals surface area contributed by atoms with Crippen molar-refractivity contribution in [1.82, 2.24) is 0 Å². The number of rotatable bonds is 8. The van der Waals surface area contributed by atoms with E-state index in [4.69, 9.17) is 0 Å². The first-order valence-electron chi connectivity index (χ1n) is 8.40. The summed E-state index contributed by atoms with van der Waals surface area (Å²) in [5, 5.41) is 1.88. The molecule has 2 rings (SSSR count). The zero-order valence-corrected chi connectivity index (χ0v) is 17.4. The molecule has 2 unspecified atom stereocenters. The fourth-order valence-electron chi connectivity index (χ4n) is 2.96. The van der Waals surface area contributed by atoms with Crippen molar-refractivity contribution >= 4 is 37.6 Å². The van der Waals surface area contributed by atoms with Crippen LogP contribution in [0.25, 0.3) is 0 Å². The molecular formula is C21H24Br2O. The highest BCUT2D eigenvalue weighted by atomic mass is 79.9. The number of alkyl halides is 2. The molecule has 3 heteroatoms. The first-order valence-corrected chi connectivity index (χ1v) is 10.6. The third-order valence-corrected chi connectivity index (χ3v) is 5.31. The Kier molecular flexibility index (Phi) is 7.70. The maximum Gasteiger partial charge on any atom is 0.147 e. The summed E-state index contributed by atoms with van der Waals surface area (Å²) in [5.41, 5.74) is 4.77. The summed E-state index contributed by atoms with van der Waals surface area (Å²) in [6.07, 6.45) is 1.97. The molecule has 0 amide bonds. The van der Waals surface area contributed by atoms with Crippen LogP contribution in [-0.4, -0.2) is 16.4 Å². The van der Waals surface area contributed by atoms with Gasteiger partial charge in [0.05, 0.1) is 0 Å². The number of hydrogen-bond acceptors (Lipinski definition) is 1. The van der Waals surface area contributed by atoms with Crippen LogP contribution < -0.4 is 0 Å². The Labute approximate surface area is 162 Å². The van der Waals surface area contributed by atoms with Gasteiger partial charge in [0, 0.05) is 22.5 Å². The number of aryl methyl sites for hydroxylation is 2. The summed E-state index contributed by atoms with van der Waals surface area (Å²) >= 11 is 6.96. The summed E-state index contributed by atoms with van der Waals surface area (Å²) in [7, 11) is 0. The molecule has 0 aliphatic carbocycles. The lowest BCUT2D eigenvalue weighted by atomic mass is 9.85. The topological polar surface area (TPSA) is 17.1 Å². The average Bonchev–Trinajstić information content (AvgIpc) is 2.61. The van der Waals surface area contributed by atoms with Crippen molar-refractivity contribution in [3.8, 4) is 0 Å². The van der Waals surface area contributed by atoms with E-state index in [9.17, 15) is 4.79 Å². The van der Waals surface area contributed by atoms with Crippen molar-refractivity contribution in [2.45, 2.75) is 38.5 Å². The monoisotopic (exact) mass is 450 g/mol. The standard InChI is InChI=1S/C21H24Br2O/c1-15(19-7-3-5-17(13-19)9-11-22)21(24)16(2)20-8-4-6-18(14-20)10-12-23/h3-8,13-16H,9-12H2,1-2H3. The van der Waals surface area contributed by atoms with Crippen molar-refractivity contribution in [2.24, 2.45) is 0 Å². The minimum absolute atomic E-state index is 0.0879. The smallest absolute Gasteiger partial charge is 0.147 e. The maximum absolute atomic E-state index is 13.0. The molecule has 0 saturated heterocycles. The molecule has 1 nitrogen and oxygen atoms in total. The quantitative estimate of drug-likeness (QED) is 0.447. The second kappa shape index (κ2) is 9.53. The molecule has 128 valence electrons. The lowest BCUT2D eigenvalue weighted by Crippen LogP contribution is -2.17. The summed E-state index contributed by atoms with van der Waals surface area (Å²) in [6, 6.07) is 16.8. The second-order valence-corrected chi connectivity index (χ2v) is 7.80. The lowest BCUT2D eigenvalue weighted by molar-refractivity contribution is -0.121. The number of carbonyl (C=O) groups is 1. The van der Waals surface area contributed by atoms with Gasteiger partial charge in [0.2, 0.25) is 0 Å². The number of benzene rings is 2. The first kappa shape index (κ1) is 19.4. The molecule has 0 aliphatic rings. The van der Waals surface area contributed by atoms with E-state index in [-0.39, 0.29) is 17.6 Å². The minimum atomic E-state index is -0.0879. The second-order valence-electron chi connectivity index (χ2n) is 6.21. The van der Waals surface area contributed by atoms with Crippen molar-refractivity contribution in [2.75, 3.05) is 10.7 Å². The molecular weight excluding hydrogens is 428 g/mol. The van der Waals surface area contributed by atoms with Gasteiger partial charge in [-0.3, -0.25) is 4.79 Å². The van der Waals surface area contributed by atoms with Gasteiger partial charge in [-0.05, 0) is 35.1 Å². The molecule has 0 saturated carbocycles. The molecule has 24 heavy (non-hydrogen) atoms. The number of ketones is 1. The van der Waals surface area contributed by atoms with Gasteiger partial charge < -0.3 is 0 Å². The third kappa shape index (κ3) is 5.03.